The average Bonchev–Trinajstić information content (AvgIpc) is 2.62. The lowest BCUT2D eigenvalue weighted by molar-refractivity contribution is 0.0659. The van der Waals surface area contributed by atoms with Gasteiger partial charge in [0.05, 0.1) is 11.8 Å². The molecule has 6 nitrogen and oxygen atoms in total. The third-order valence-corrected chi connectivity index (χ3v) is 3.46. The highest BCUT2D eigenvalue weighted by Gasteiger charge is 2.17. The molecule has 1 rings (SSSR count). The van der Waals surface area contributed by atoms with Gasteiger partial charge in [-0.05, 0) is 26.0 Å². The van der Waals surface area contributed by atoms with Crippen LogP contribution in [0.4, 0.5) is 0 Å². The first-order valence-electron chi connectivity index (χ1n) is 5.46. The fraction of sp³-hybridized carbons (Fsp3) is 0.545. The Morgan fingerprint density at radius 2 is 2.06 bits per heavy atom. The summed E-state index contributed by atoms with van der Waals surface area (Å²) in [7, 11) is -3.05. The number of carboxylic acids is 1. The summed E-state index contributed by atoms with van der Waals surface area (Å²) in [6, 6.07) is 2.44. The molecule has 18 heavy (non-hydrogen) atoms. The van der Waals surface area contributed by atoms with Crippen LogP contribution in [0.3, 0.4) is 0 Å². The van der Waals surface area contributed by atoms with Crippen molar-refractivity contribution in [1.29, 1.82) is 0 Å². The molecule has 1 aromatic heterocycles. The Balaban J connectivity index is 2.64. The molecule has 0 aliphatic rings. The molecule has 1 aromatic rings. The number of hydrogen-bond acceptors (Lipinski definition) is 5. The van der Waals surface area contributed by atoms with E-state index in [1.807, 2.05) is 0 Å². The second-order valence-electron chi connectivity index (χ2n) is 4.39. The minimum Gasteiger partial charge on any atom is -0.475 e. The van der Waals surface area contributed by atoms with Crippen LogP contribution in [0.1, 0.15) is 36.2 Å². The molecule has 0 aromatic carbocycles. The van der Waals surface area contributed by atoms with Crippen molar-refractivity contribution < 1.29 is 22.7 Å². The van der Waals surface area contributed by atoms with Crippen molar-refractivity contribution in [2.45, 2.75) is 25.9 Å². The molecule has 0 aliphatic carbocycles. The Labute approximate surface area is 106 Å². The molecule has 0 fully saturated rings. The molecule has 2 N–H and O–H groups in total. The van der Waals surface area contributed by atoms with Gasteiger partial charge in [0.2, 0.25) is 5.76 Å². The maximum absolute atomic E-state index is 11.1. The molecule has 2 unspecified atom stereocenters. The zero-order valence-corrected chi connectivity index (χ0v) is 11.3. The molecule has 0 spiro atoms. The van der Waals surface area contributed by atoms with E-state index in [2.05, 4.69) is 5.32 Å². The van der Waals surface area contributed by atoms with Gasteiger partial charge in [0.15, 0.2) is 0 Å². The quantitative estimate of drug-likeness (QED) is 0.806. The lowest BCUT2D eigenvalue weighted by Gasteiger charge is -2.17. The van der Waals surface area contributed by atoms with Crippen LogP contribution in [-0.2, 0) is 9.84 Å². The Kier molecular flexibility index (Phi) is 4.53. The number of hydrogen-bond donors (Lipinski definition) is 2. The molecular formula is C11H17NO5S. The summed E-state index contributed by atoms with van der Waals surface area (Å²) in [5.41, 5.74) is 0. The first-order chi connectivity index (χ1) is 8.19. The van der Waals surface area contributed by atoms with Crippen LogP contribution in [0.25, 0.3) is 0 Å². The Morgan fingerprint density at radius 3 is 2.50 bits per heavy atom. The van der Waals surface area contributed by atoms with E-state index < -0.39 is 15.8 Å². The van der Waals surface area contributed by atoms with Crippen LogP contribution in [0, 0.1) is 0 Å². The standard InChI is InChI=1S/C11H17NO5S/c1-7(6-18(3,15)16)12-8(2)9-4-5-10(17-9)11(13)14/h4-5,7-8,12H,6H2,1-3H3,(H,13,14). The summed E-state index contributed by atoms with van der Waals surface area (Å²) >= 11 is 0. The summed E-state index contributed by atoms with van der Waals surface area (Å²) in [5, 5.41) is 11.8. The summed E-state index contributed by atoms with van der Waals surface area (Å²) < 4.78 is 27.4. The average molecular weight is 275 g/mol. The van der Waals surface area contributed by atoms with Crippen LogP contribution in [-0.4, -0.2) is 37.5 Å². The maximum Gasteiger partial charge on any atom is 0.371 e. The minimum absolute atomic E-state index is 0.0177. The van der Waals surface area contributed by atoms with Gasteiger partial charge >= 0.3 is 5.97 Å². The van der Waals surface area contributed by atoms with Crippen molar-refractivity contribution in [3.63, 3.8) is 0 Å². The topological polar surface area (TPSA) is 96.6 Å². The lowest BCUT2D eigenvalue weighted by Crippen LogP contribution is -2.34. The van der Waals surface area contributed by atoms with Crippen LogP contribution < -0.4 is 5.32 Å². The van der Waals surface area contributed by atoms with E-state index in [0.717, 1.165) is 0 Å². The van der Waals surface area contributed by atoms with Gasteiger partial charge < -0.3 is 14.8 Å². The molecule has 7 heteroatoms. The summed E-state index contributed by atoms with van der Waals surface area (Å²) in [5.74, 6) is -0.774. The third-order valence-electron chi connectivity index (χ3n) is 2.35. The van der Waals surface area contributed by atoms with Gasteiger partial charge in [-0.1, -0.05) is 0 Å². The number of carboxylic acid groups (broad SMARTS) is 1. The van der Waals surface area contributed by atoms with Gasteiger partial charge in [-0.3, -0.25) is 0 Å². The van der Waals surface area contributed by atoms with Crippen LogP contribution >= 0.6 is 0 Å². The monoisotopic (exact) mass is 275 g/mol. The van der Waals surface area contributed by atoms with E-state index in [0.29, 0.717) is 5.76 Å². The second kappa shape index (κ2) is 5.53. The lowest BCUT2D eigenvalue weighted by atomic mass is 10.2. The highest BCUT2D eigenvalue weighted by atomic mass is 32.2. The molecule has 0 saturated heterocycles. The first kappa shape index (κ1) is 14.7. The Hall–Kier alpha value is -1.34. The van der Waals surface area contributed by atoms with Gasteiger partial charge in [0.25, 0.3) is 0 Å². The van der Waals surface area contributed by atoms with E-state index in [4.69, 9.17) is 9.52 Å². The van der Waals surface area contributed by atoms with E-state index in [-0.39, 0.29) is 23.6 Å². The summed E-state index contributed by atoms with van der Waals surface area (Å²) in [6.07, 6.45) is 1.17. The third kappa shape index (κ3) is 4.50. The van der Waals surface area contributed by atoms with Crippen molar-refractivity contribution in [3.8, 4) is 0 Å². The van der Waals surface area contributed by atoms with Gasteiger partial charge in [-0.15, -0.1) is 0 Å². The summed E-state index contributed by atoms with van der Waals surface area (Å²) in [4.78, 5) is 10.7. The molecule has 102 valence electrons. The minimum atomic E-state index is -3.05. The molecule has 0 aliphatic heterocycles. The number of furan rings is 1. The van der Waals surface area contributed by atoms with Crippen LogP contribution in [0.5, 0.6) is 0 Å². The van der Waals surface area contributed by atoms with Gasteiger partial charge in [-0.2, -0.15) is 0 Å². The number of nitrogens with one attached hydrogen (secondary N) is 1. The number of aromatic carboxylic acids is 1. The Morgan fingerprint density at radius 1 is 1.44 bits per heavy atom. The molecular weight excluding hydrogens is 258 g/mol. The largest absolute Gasteiger partial charge is 0.475 e. The molecule has 0 radical (unpaired) electrons. The normalized spacial score (nSPS) is 15.3. The van der Waals surface area contributed by atoms with Gasteiger partial charge in [0, 0.05) is 12.3 Å². The van der Waals surface area contributed by atoms with Gasteiger partial charge in [-0.25, -0.2) is 13.2 Å². The zero-order chi connectivity index (χ0) is 13.9. The fourth-order valence-electron chi connectivity index (χ4n) is 1.71. The van der Waals surface area contributed by atoms with E-state index in [1.54, 1.807) is 19.9 Å². The second-order valence-corrected chi connectivity index (χ2v) is 6.57. The molecule has 0 amide bonds. The predicted octanol–water partition coefficient (Wildman–Crippen LogP) is 1.06. The van der Waals surface area contributed by atoms with E-state index >= 15 is 0 Å². The molecule has 1 heterocycles. The number of rotatable bonds is 6. The first-order valence-corrected chi connectivity index (χ1v) is 7.52. The SMILES string of the molecule is CC(CS(C)(=O)=O)NC(C)c1ccc(C(=O)O)o1. The highest BCUT2D eigenvalue weighted by molar-refractivity contribution is 7.90. The number of carbonyl (C=O) groups is 1. The molecule has 0 saturated carbocycles. The number of sulfone groups is 1. The fourth-order valence-corrected chi connectivity index (χ4v) is 2.72. The van der Waals surface area contributed by atoms with Crippen LogP contribution in [0.15, 0.2) is 16.5 Å². The highest BCUT2D eigenvalue weighted by Crippen LogP contribution is 2.17. The van der Waals surface area contributed by atoms with Crippen molar-refractivity contribution >= 4 is 15.8 Å². The zero-order valence-electron chi connectivity index (χ0n) is 10.5. The van der Waals surface area contributed by atoms with Crippen molar-refractivity contribution in [2.75, 3.05) is 12.0 Å². The van der Waals surface area contributed by atoms with Crippen LogP contribution in [0.2, 0.25) is 0 Å². The van der Waals surface area contributed by atoms with E-state index in [9.17, 15) is 13.2 Å². The molecule has 2 atom stereocenters. The predicted molar refractivity (Wildman–Crippen MR) is 66.4 cm³/mol. The van der Waals surface area contributed by atoms with E-state index in [1.165, 1.54) is 12.3 Å². The smallest absolute Gasteiger partial charge is 0.371 e. The van der Waals surface area contributed by atoms with Crippen molar-refractivity contribution in [1.82, 2.24) is 5.32 Å². The maximum atomic E-state index is 11.1. The van der Waals surface area contributed by atoms with Gasteiger partial charge in [0.1, 0.15) is 15.6 Å². The van der Waals surface area contributed by atoms with Crippen molar-refractivity contribution in [2.24, 2.45) is 0 Å². The molecule has 0 bridgehead atoms. The van der Waals surface area contributed by atoms with Crippen molar-refractivity contribution in [3.05, 3.63) is 23.7 Å². The Bertz CT molecular complexity index is 519. The summed E-state index contributed by atoms with van der Waals surface area (Å²) in [6.45, 7) is 3.53.